The largest absolute Gasteiger partial charge is 0.505 e. The minimum atomic E-state index is -3.04. The van der Waals surface area contributed by atoms with Crippen molar-refractivity contribution in [2.45, 2.75) is 113 Å². The molecule has 9 heteroatoms. The SMILES string of the molecule is CCC1(OC2(CNP(C)(=O)OC3CC3(CC)OC3(CC)CC3)CC2O[P+](C)=O)CC1. The van der Waals surface area contributed by atoms with E-state index >= 15 is 0 Å². The topological polar surface area (TPSA) is 83.1 Å². The second-order valence-electron chi connectivity index (χ2n) is 9.98. The molecule has 0 bridgehead atoms. The Balaban J connectivity index is 1.33. The van der Waals surface area contributed by atoms with Crippen molar-refractivity contribution in [1.29, 1.82) is 0 Å². The molecule has 4 rings (SSSR count). The van der Waals surface area contributed by atoms with Gasteiger partial charge in [0, 0.05) is 26.1 Å². The fraction of sp³-hybridized carbons (Fsp3) is 1.00. The minimum absolute atomic E-state index is 0.0192. The maximum Gasteiger partial charge on any atom is 0.505 e. The van der Waals surface area contributed by atoms with Crippen LogP contribution in [0, 0.1) is 0 Å². The van der Waals surface area contributed by atoms with Gasteiger partial charge < -0.3 is 14.0 Å². The summed E-state index contributed by atoms with van der Waals surface area (Å²) >= 11 is 0. The molecule has 4 aliphatic carbocycles. The number of ether oxygens (including phenoxy) is 2. The molecule has 4 saturated carbocycles. The van der Waals surface area contributed by atoms with Gasteiger partial charge in [-0.2, -0.15) is 0 Å². The summed E-state index contributed by atoms with van der Waals surface area (Å²) in [5, 5.41) is 3.14. The van der Waals surface area contributed by atoms with Crippen molar-refractivity contribution in [3.8, 4) is 0 Å². The summed E-state index contributed by atoms with van der Waals surface area (Å²) in [7, 11) is -4.74. The van der Waals surface area contributed by atoms with Crippen LogP contribution in [-0.4, -0.2) is 54.5 Å². The molecule has 0 aromatic carbocycles. The Morgan fingerprint density at radius 1 is 0.933 bits per heavy atom. The first kappa shape index (κ1) is 23.3. The van der Waals surface area contributed by atoms with Crippen LogP contribution in [0.5, 0.6) is 0 Å². The highest BCUT2D eigenvalue weighted by molar-refractivity contribution is 7.56. The number of hydrogen-bond donors (Lipinski definition) is 1. The molecule has 0 aromatic rings. The van der Waals surface area contributed by atoms with E-state index in [4.69, 9.17) is 18.5 Å². The Morgan fingerprint density at radius 3 is 1.93 bits per heavy atom. The molecule has 0 radical (unpaired) electrons. The average Bonchev–Trinajstić information content (AvgIpc) is 3.53. The van der Waals surface area contributed by atoms with Crippen LogP contribution in [0.2, 0.25) is 0 Å². The van der Waals surface area contributed by atoms with E-state index in [1.54, 1.807) is 13.3 Å². The van der Waals surface area contributed by atoms with Crippen molar-refractivity contribution in [2.75, 3.05) is 19.9 Å². The lowest BCUT2D eigenvalue weighted by atomic mass is 10.2. The Bertz CT molecular complexity index is 739. The second-order valence-corrected chi connectivity index (χ2v) is 13.3. The number of hydrogen-bond acceptors (Lipinski definition) is 6. The molecular formula is C21H38NO6P2+. The highest BCUT2D eigenvalue weighted by Crippen LogP contribution is 2.60. The average molecular weight is 462 g/mol. The quantitative estimate of drug-likeness (QED) is 0.357. The van der Waals surface area contributed by atoms with Gasteiger partial charge in [-0.25, -0.2) is 5.09 Å². The van der Waals surface area contributed by atoms with Gasteiger partial charge in [0.05, 0.1) is 22.9 Å². The van der Waals surface area contributed by atoms with E-state index in [2.05, 4.69) is 25.9 Å². The van der Waals surface area contributed by atoms with Crippen molar-refractivity contribution in [2.24, 2.45) is 0 Å². The molecule has 7 nitrogen and oxygen atoms in total. The van der Waals surface area contributed by atoms with Crippen molar-refractivity contribution in [1.82, 2.24) is 5.09 Å². The zero-order valence-electron chi connectivity index (χ0n) is 19.1. The van der Waals surface area contributed by atoms with Gasteiger partial charge in [-0.1, -0.05) is 20.8 Å². The van der Waals surface area contributed by atoms with E-state index in [1.807, 2.05) is 0 Å². The maximum atomic E-state index is 13.2. The fourth-order valence-electron chi connectivity index (χ4n) is 4.59. The summed E-state index contributed by atoms with van der Waals surface area (Å²) in [6, 6.07) is 0. The summed E-state index contributed by atoms with van der Waals surface area (Å²) in [6.45, 7) is 9.98. The van der Waals surface area contributed by atoms with E-state index < -0.39 is 21.1 Å². The van der Waals surface area contributed by atoms with Gasteiger partial charge in [0.1, 0.15) is 11.7 Å². The highest BCUT2D eigenvalue weighted by Gasteiger charge is 2.66. The second kappa shape index (κ2) is 7.87. The first-order chi connectivity index (χ1) is 14.1. The Hall–Kier alpha value is 0.130. The number of nitrogens with one attached hydrogen (secondary N) is 1. The third kappa shape index (κ3) is 4.88. The predicted molar refractivity (Wildman–Crippen MR) is 116 cm³/mol. The van der Waals surface area contributed by atoms with Crippen LogP contribution >= 0.6 is 15.5 Å². The molecule has 0 spiro atoms. The molecule has 6 unspecified atom stereocenters. The lowest BCUT2D eigenvalue weighted by Crippen LogP contribution is -2.37. The highest BCUT2D eigenvalue weighted by atomic mass is 31.2. The molecule has 4 aliphatic rings. The summed E-state index contributed by atoms with van der Waals surface area (Å²) < 4.78 is 49.4. The van der Waals surface area contributed by atoms with Crippen LogP contribution in [0.1, 0.15) is 78.6 Å². The van der Waals surface area contributed by atoms with Crippen LogP contribution in [-0.2, 0) is 27.7 Å². The first-order valence-corrected chi connectivity index (χ1v) is 15.2. The first-order valence-electron chi connectivity index (χ1n) is 11.5. The minimum Gasteiger partial charge on any atom is -0.366 e. The Morgan fingerprint density at radius 2 is 1.47 bits per heavy atom. The number of rotatable bonds is 14. The van der Waals surface area contributed by atoms with E-state index in [9.17, 15) is 9.13 Å². The van der Waals surface area contributed by atoms with Gasteiger partial charge in [0.15, 0.2) is 6.66 Å². The van der Waals surface area contributed by atoms with Gasteiger partial charge in [-0.3, -0.25) is 4.57 Å². The maximum absolute atomic E-state index is 13.2. The van der Waals surface area contributed by atoms with Crippen LogP contribution in [0.4, 0.5) is 0 Å². The Labute approximate surface area is 181 Å². The summed E-state index contributed by atoms with van der Waals surface area (Å²) in [4.78, 5) is 0. The van der Waals surface area contributed by atoms with Crippen molar-refractivity contribution >= 4 is 15.5 Å². The summed E-state index contributed by atoms with van der Waals surface area (Å²) in [5.74, 6) is 0. The monoisotopic (exact) mass is 462 g/mol. The molecule has 30 heavy (non-hydrogen) atoms. The standard InChI is InChI=1S/C21H38NO6P2/c1-6-18(9-10-18)27-20(8-3)14-17(20)26-30(5,24)22-15-21(13-16(21)25-29(4)23)28-19(7-2)11-12-19/h16-17H,6-15H2,1-5H3,(H,22,24)/q+1. The molecule has 4 fully saturated rings. The zero-order valence-corrected chi connectivity index (χ0v) is 20.9. The van der Waals surface area contributed by atoms with Gasteiger partial charge in [0.25, 0.3) is 7.52 Å². The van der Waals surface area contributed by atoms with Gasteiger partial charge in [-0.05, 0) is 49.5 Å². The van der Waals surface area contributed by atoms with Crippen LogP contribution in [0.25, 0.3) is 0 Å². The van der Waals surface area contributed by atoms with E-state index in [1.165, 1.54) is 0 Å². The molecular weight excluding hydrogens is 424 g/mol. The van der Waals surface area contributed by atoms with Crippen molar-refractivity contribution in [3.05, 3.63) is 0 Å². The van der Waals surface area contributed by atoms with E-state index in [-0.39, 0.29) is 29.0 Å². The van der Waals surface area contributed by atoms with E-state index in [0.717, 1.165) is 51.4 Å². The molecule has 6 atom stereocenters. The van der Waals surface area contributed by atoms with E-state index in [0.29, 0.717) is 13.0 Å². The fourth-order valence-corrected chi connectivity index (χ4v) is 6.60. The smallest absolute Gasteiger partial charge is 0.366 e. The molecule has 0 amide bonds. The lowest BCUT2D eigenvalue weighted by molar-refractivity contribution is -0.0697. The lowest BCUT2D eigenvalue weighted by Gasteiger charge is -2.27. The zero-order chi connectivity index (χ0) is 21.8. The predicted octanol–water partition coefficient (Wildman–Crippen LogP) is 5.15. The van der Waals surface area contributed by atoms with Crippen LogP contribution in [0.3, 0.4) is 0 Å². The van der Waals surface area contributed by atoms with Gasteiger partial charge in [-0.15, -0.1) is 4.52 Å². The molecule has 0 aromatic heterocycles. The normalized spacial score (nSPS) is 39.8. The molecule has 0 heterocycles. The van der Waals surface area contributed by atoms with Gasteiger partial charge in [0.2, 0.25) is 0 Å². The summed E-state index contributed by atoms with van der Waals surface area (Å²) in [6.07, 6.45) is 8.23. The molecule has 0 aliphatic heterocycles. The third-order valence-corrected chi connectivity index (χ3v) is 9.47. The third-order valence-electron chi connectivity index (χ3n) is 7.53. The van der Waals surface area contributed by atoms with Crippen LogP contribution < -0.4 is 5.09 Å². The van der Waals surface area contributed by atoms with Crippen molar-refractivity contribution in [3.63, 3.8) is 0 Å². The molecule has 172 valence electrons. The van der Waals surface area contributed by atoms with Crippen LogP contribution in [0.15, 0.2) is 0 Å². The Kier molecular flexibility index (Phi) is 6.11. The summed E-state index contributed by atoms with van der Waals surface area (Å²) in [5.41, 5.74) is -0.936. The van der Waals surface area contributed by atoms with Crippen molar-refractivity contribution < 1.29 is 27.7 Å². The molecule has 0 saturated heterocycles. The molecule has 1 N–H and O–H groups in total. The van der Waals surface area contributed by atoms with Gasteiger partial charge >= 0.3 is 8.03 Å².